The molecule has 0 saturated carbocycles. The fourth-order valence-corrected chi connectivity index (χ4v) is 2.58. The standard InChI is InChI=1S/C16H10FN3O5/c17-11-5-4-8(6-10(11)16(22)23)7-12-9-2-1-3-13(20(24)25)14(9)15(21)19-18-12/h1-6H,7H2,(H,19,21)(H,22,23). The average molecular weight is 343 g/mol. The minimum Gasteiger partial charge on any atom is -0.478 e. The Hall–Kier alpha value is -3.62. The minimum absolute atomic E-state index is 0.0645. The van der Waals surface area contributed by atoms with Crippen molar-refractivity contribution in [2.24, 2.45) is 0 Å². The maximum Gasteiger partial charge on any atom is 0.338 e. The van der Waals surface area contributed by atoms with Crippen LogP contribution in [0.25, 0.3) is 10.8 Å². The topological polar surface area (TPSA) is 126 Å². The van der Waals surface area contributed by atoms with Gasteiger partial charge in [-0.2, -0.15) is 5.10 Å². The Morgan fingerprint density at radius 2 is 2.08 bits per heavy atom. The summed E-state index contributed by atoms with van der Waals surface area (Å²) in [5.41, 5.74) is -0.797. The number of halogens is 1. The normalized spacial score (nSPS) is 10.8. The van der Waals surface area contributed by atoms with Crippen molar-refractivity contribution < 1.29 is 19.2 Å². The molecule has 0 aliphatic rings. The molecule has 126 valence electrons. The molecule has 2 aromatic carbocycles. The molecule has 0 amide bonds. The van der Waals surface area contributed by atoms with Crippen LogP contribution in [0.3, 0.4) is 0 Å². The van der Waals surface area contributed by atoms with E-state index in [-0.39, 0.29) is 22.9 Å². The second-order valence-electron chi connectivity index (χ2n) is 5.25. The first-order valence-corrected chi connectivity index (χ1v) is 7.05. The van der Waals surface area contributed by atoms with Gasteiger partial charge >= 0.3 is 5.97 Å². The molecule has 0 fully saturated rings. The van der Waals surface area contributed by atoms with Gasteiger partial charge in [0.2, 0.25) is 0 Å². The average Bonchev–Trinajstić information content (AvgIpc) is 2.58. The Bertz CT molecular complexity index is 1080. The van der Waals surface area contributed by atoms with Crippen LogP contribution in [0.15, 0.2) is 41.2 Å². The van der Waals surface area contributed by atoms with Crippen molar-refractivity contribution in [3.05, 3.63) is 79.5 Å². The summed E-state index contributed by atoms with van der Waals surface area (Å²) in [6.45, 7) is 0. The lowest BCUT2D eigenvalue weighted by Crippen LogP contribution is -2.13. The van der Waals surface area contributed by atoms with Crippen LogP contribution in [0, 0.1) is 15.9 Å². The molecule has 25 heavy (non-hydrogen) atoms. The zero-order chi connectivity index (χ0) is 18.1. The van der Waals surface area contributed by atoms with Crippen LogP contribution in [-0.2, 0) is 6.42 Å². The first-order valence-electron chi connectivity index (χ1n) is 7.05. The first-order chi connectivity index (χ1) is 11.9. The molecule has 3 rings (SSSR count). The van der Waals surface area contributed by atoms with E-state index in [2.05, 4.69) is 10.2 Å². The van der Waals surface area contributed by atoms with Gasteiger partial charge in [0.05, 0.1) is 16.2 Å². The molecule has 1 aromatic heterocycles. The van der Waals surface area contributed by atoms with E-state index < -0.39 is 27.8 Å². The molecule has 0 bridgehead atoms. The lowest BCUT2D eigenvalue weighted by atomic mass is 10.0. The third-order valence-corrected chi connectivity index (χ3v) is 3.70. The van der Waals surface area contributed by atoms with Gasteiger partial charge in [-0.25, -0.2) is 14.3 Å². The Labute approximate surface area is 138 Å². The monoisotopic (exact) mass is 343 g/mol. The van der Waals surface area contributed by atoms with Crippen LogP contribution in [0.4, 0.5) is 10.1 Å². The molecular weight excluding hydrogens is 333 g/mol. The fraction of sp³-hybridized carbons (Fsp3) is 0.0625. The van der Waals surface area contributed by atoms with Crippen molar-refractivity contribution in [1.82, 2.24) is 10.2 Å². The van der Waals surface area contributed by atoms with Crippen molar-refractivity contribution in [1.29, 1.82) is 0 Å². The zero-order valence-electron chi connectivity index (χ0n) is 12.5. The molecule has 0 radical (unpaired) electrons. The first kappa shape index (κ1) is 16.2. The summed E-state index contributed by atoms with van der Waals surface area (Å²) in [5, 5.41) is 26.4. The number of hydrogen-bond acceptors (Lipinski definition) is 5. The van der Waals surface area contributed by atoms with Crippen LogP contribution >= 0.6 is 0 Å². The summed E-state index contributed by atoms with van der Waals surface area (Å²) in [6, 6.07) is 7.72. The molecule has 0 saturated heterocycles. The van der Waals surface area contributed by atoms with E-state index >= 15 is 0 Å². The second-order valence-corrected chi connectivity index (χ2v) is 5.25. The van der Waals surface area contributed by atoms with Crippen LogP contribution < -0.4 is 5.56 Å². The van der Waals surface area contributed by atoms with Crippen LogP contribution in [-0.4, -0.2) is 26.2 Å². The third-order valence-electron chi connectivity index (χ3n) is 3.70. The van der Waals surface area contributed by atoms with Gasteiger partial charge in [0, 0.05) is 17.9 Å². The molecule has 3 aromatic rings. The van der Waals surface area contributed by atoms with Gasteiger partial charge in [-0.05, 0) is 17.7 Å². The van der Waals surface area contributed by atoms with Crippen molar-refractivity contribution in [3.8, 4) is 0 Å². The number of carboxylic acids is 1. The molecule has 8 nitrogen and oxygen atoms in total. The largest absolute Gasteiger partial charge is 0.478 e. The molecule has 2 N–H and O–H groups in total. The van der Waals surface area contributed by atoms with E-state index in [0.717, 1.165) is 12.1 Å². The van der Waals surface area contributed by atoms with Gasteiger partial charge in [-0.1, -0.05) is 18.2 Å². The number of benzene rings is 2. The Morgan fingerprint density at radius 3 is 2.76 bits per heavy atom. The van der Waals surface area contributed by atoms with Crippen LogP contribution in [0.2, 0.25) is 0 Å². The lowest BCUT2D eigenvalue weighted by molar-refractivity contribution is -0.383. The van der Waals surface area contributed by atoms with Gasteiger partial charge in [0.1, 0.15) is 11.2 Å². The number of hydrogen-bond donors (Lipinski definition) is 2. The number of carboxylic acid groups (broad SMARTS) is 1. The van der Waals surface area contributed by atoms with Gasteiger partial charge < -0.3 is 5.11 Å². The number of rotatable bonds is 4. The highest BCUT2D eigenvalue weighted by molar-refractivity contribution is 5.91. The molecule has 0 spiro atoms. The number of nitrogens with one attached hydrogen (secondary N) is 1. The molecular formula is C16H10FN3O5. The molecule has 1 heterocycles. The summed E-state index contributed by atoms with van der Waals surface area (Å²) < 4.78 is 13.5. The van der Waals surface area contributed by atoms with Crippen molar-refractivity contribution in [3.63, 3.8) is 0 Å². The quantitative estimate of drug-likeness (QED) is 0.553. The molecule has 0 unspecified atom stereocenters. The van der Waals surface area contributed by atoms with E-state index in [0.29, 0.717) is 11.3 Å². The van der Waals surface area contributed by atoms with Crippen LogP contribution in [0.5, 0.6) is 0 Å². The Balaban J connectivity index is 2.15. The van der Waals surface area contributed by atoms with Gasteiger partial charge in [-0.3, -0.25) is 14.9 Å². The smallest absolute Gasteiger partial charge is 0.338 e. The number of H-pyrrole nitrogens is 1. The number of non-ortho nitro benzene ring substituents is 1. The van der Waals surface area contributed by atoms with Crippen molar-refractivity contribution in [2.45, 2.75) is 6.42 Å². The number of carbonyl (C=O) groups is 1. The van der Waals surface area contributed by atoms with Gasteiger partial charge in [0.25, 0.3) is 11.2 Å². The summed E-state index contributed by atoms with van der Waals surface area (Å²) in [6.07, 6.45) is 0.0645. The maximum atomic E-state index is 13.5. The molecule has 9 heteroatoms. The lowest BCUT2D eigenvalue weighted by Gasteiger charge is -2.07. The number of aromatic nitrogens is 2. The van der Waals surface area contributed by atoms with E-state index in [9.17, 15) is 24.1 Å². The summed E-state index contributed by atoms with van der Waals surface area (Å²) in [7, 11) is 0. The van der Waals surface area contributed by atoms with E-state index in [1.807, 2.05) is 0 Å². The number of nitro benzene ring substituents is 1. The van der Waals surface area contributed by atoms with Gasteiger partial charge in [-0.15, -0.1) is 0 Å². The maximum absolute atomic E-state index is 13.5. The highest BCUT2D eigenvalue weighted by atomic mass is 19.1. The summed E-state index contributed by atoms with van der Waals surface area (Å²) in [4.78, 5) is 33.4. The van der Waals surface area contributed by atoms with E-state index in [4.69, 9.17) is 5.11 Å². The fourth-order valence-electron chi connectivity index (χ4n) is 2.58. The van der Waals surface area contributed by atoms with Crippen molar-refractivity contribution >= 4 is 22.4 Å². The number of aromatic carboxylic acids is 1. The summed E-state index contributed by atoms with van der Waals surface area (Å²) >= 11 is 0. The number of fused-ring (bicyclic) bond motifs is 1. The number of aromatic amines is 1. The zero-order valence-corrected chi connectivity index (χ0v) is 12.5. The third kappa shape index (κ3) is 2.94. The SMILES string of the molecule is O=C(O)c1cc(Cc2n[nH]c(=O)c3c([N+](=O)[O-])cccc23)ccc1F. The highest BCUT2D eigenvalue weighted by Crippen LogP contribution is 2.25. The number of nitrogens with zero attached hydrogens (tertiary/aromatic N) is 2. The predicted molar refractivity (Wildman–Crippen MR) is 85.2 cm³/mol. The Kier molecular flexibility index (Phi) is 3.97. The van der Waals surface area contributed by atoms with Crippen LogP contribution in [0.1, 0.15) is 21.6 Å². The van der Waals surface area contributed by atoms with Crippen molar-refractivity contribution in [2.75, 3.05) is 0 Å². The number of nitro groups is 1. The Morgan fingerprint density at radius 1 is 1.32 bits per heavy atom. The van der Waals surface area contributed by atoms with Gasteiger partial charge in [0.15, 0.2) is 0 Å². The highest BCUT2D eigenvalue weighted by Gasteiger charge is 2.18. The summed E-state index contributed by atoms with van der Waals surface area (Å²) in [5.74, 6) is -2.28. The molecule has 0 atom stereocenters. The second kappa shape index (κ2) is 6.11. The molecule has 0 aliphatic carbocycles. The van der Waals surface area contributed by atoms with E-state index in [1.54, 1.807) is 0 Å². The molecule has 0 aliphatic heterocycles. The minimum atomic E-state index is -1.41. The van der Waals surface area contributed by atoms with E-state index in [1.165, 1.54) is 24.3 Å². The predicted octanol–water partition coefficient (Wildman–Crippen LogP) is 2.26.